The lowest BCUT2D eigenvalue weighted by molar-refractivity contribution is -0.121. The summed E-state index contributed by atoms with van der Waals surface area (Å²) >= 11 is 1.43. The topological polar surface area (TPSA) is 75.4 Å². The second-order valence-corrected chi connectivity index (χ2v) is 8.39. The van der Waals surface area contributed by atoms with Crippen molar-refractivity contribution in [2.45, 2.75) is 32.6 Å². The van der Waals surface area contributed by atoms with Gasteiger partial charge in [0.15, 0.2) is 11.5 Å². The number of piperidine rings is 1. The van der Waals surface area contributed by atoms with Crippen LogP contribution in [-0.4, -0.2) is 34.8 Å². The Bertz CT molecular complexity index is 994. The molecule has 0 saturated carbocycles. The van der Waals surface area contributed by atoms with Crippen molar-refractivity contribution in [1.29, 1.82) is 0 Å². The minimum Gasteiger partial charge on any atom is -0.440 e. The van der Waals surface area contributed by atoms with Crippen LogP contribution >= 0.6 is 11.3 Å². The predicted octanol–water partition coefficient (Wildman–Crippen LogP) is 4.50. The van der Waals surface area contributed by atoms with Crippen molar-refractivity contribution < 1.29 is 14.0 Å². The molecule has 0 bridgehead atoms. The van der Waals surface area contributed by atoms with Crippen LogP contribution < -0.4 is 5.32 Å². The van der Waals surface area contributed by atoms with Crippen LogP contribution in [0.1, 0.15) is 48.2 Å². The zero-order chi connectivity index (χ0) is 19.7. The maximum absolute atomic E-state index is 12.8. The van der Waals surface area contributed by atoms with E-state index >= 15 is 0 Å². The summed E-state index contributed by atoms with van der Waals surface area (Å²) in [5.74, 6) is 0.637. The molecule has 1 N–H and O–H groups in total. The zero-order valence-electron chi connectivity index (χ0n) is 16.0. The van der Waals surface area contributed by atoms with Crippen LogP contribution in [0.2, 0.25) is 0 Å². The smallest absolute Gasteiger partial charge is 0.263 e. The number of nitrogens with zero attached hydrogens (tertiary/aromatic N) is 2. The summed E-state index contributed by atoms with van der Waals surface area (Å²) in [6, 6.07) is 9.19. The molecule has 2 aromatic heterocycles. The number of hydrogen-bond donors (Lipinski definition) is 1. The van der Waals surface area contributed by atoms with E-state index < -0.39 is 0 Å². The summed E-state index contributed by atoms with van der Waals surface area (Å²) in [6.07, 6.45) is 1.61. The van der Waals surface area contributed by atoms with Gasteiger partial charge in [-0.2, -0.15) is 0 Å². The lowest BCUT2D eigenvalue weighted by Crippen LogP contribution is -2.43. The van der Waals surface area contributed by atoms with Crippen molar-refractivity contribution in [2.75, 3.05) is 18.4 Å². The van der Waals surface area contributed by atoms with Crippen LogP contribution in [0.4, 0.5) is 5.69 Å². The van der Waals surface area contributed by atoms with Gasteiger partial charge in [0.1, 0.15) is 5.52 Å². The molecule has 1 atom stereocenters. The summed E-state index contributed by atoms with van der Waals surface area (Å²) in [6.45, 7) is 5.20. The number of oxazole rings is 1. The molecule has 1 aromatic carbocycles. The number of amides is 2. The summed E-state index contributed by atoms with van der Waals surface area (Å²) in [5.41, 5.74) is 2.15. The molecule has 0 spiro atoms. The first-order valence-corrected chi connectivity index (χ1v) is 10.4. The molecule has 7 heteroatoms. The molecule has 2 amide bonds. The van der Waals surface area contributed by atoms with Crippen LogP contribution in [0.15, 0.2) is 40.1 Å². The standard InChI is InChI=1S/C21H23N3O3S/c1-13(2)20-23-16-11-15(7-8-17(16)27-20)22-19(25)14-5-3-9-24(12-14)21(26)18-6-4-10-28-18/h4,6-8,10-11,13-14H,3,5,9,12H2,1-2H3,(H,22,25)/t14-/m1/s1. The molecule has 146 valence electrons. The Morgan fingerprint density at radius 3 is 2.93 bits per heavy atom. The highest BCUT2D eigenvalue weighted by molar-refractivity contribution is 7.12. The molecular formula is C21H23N3O3S. The Hall–Kier alpha value is -2.67. The normalized spacial score (nSPS) is 17.2. The Morgan fingerprint density at radius 1 is 1.32 bits per heavy atom. The number of carbonyl (C=O) groups excluding carboxylic acids is 2. The van der Waals surface area contributed by atoms with Crippen molar-refractivity contribution in [3.63, 3.8) is 0 Å². The number of rotatable bonds is 4. The zero-order valence-corrected chi connectivity index (χ0v) is 16.8. The monoisotopic (exact) mass is 397 g/mol. The number of anilines is 1. The number of aromatic nitrogens is 1. The number of likely N-dealkylation sites (tertiary alicyclic amines) is 1. The van der Waals surface area contributed by atoms with Crippen LogP contribution in [0.3, 0.4) is 0 Å². The third-order valence-electron chi connectivity index (χ3n) is 4.98. The predicted molar refractivity (Wildman–Crippen MR) is 110 cm³/mol. The fraction of sp³-hybridized carbons (Fsp3) is 0.381. The van der Waals surface area contributed by atoms with Crippen molar-refractivity contribution in [3.8, 4) is 0 Å². The van der Waals surface area contributed by atoms with E-state index in [9.17, 15) is 9.59 Å². The van der Waals surface area contributed by atoms with E-state index in [1.54, 1.807) is 4.90 Å². The SMILES string of the molecule is CC(C)c1nc2cc(NC(=O)[C@@H]3CCCN(C(=O)c4cccs4)C3)ccc2o1. The molecule has 3 aromatic rings. The van der Waals surface area contributed by atoms with Gasteiger partial charge in [0.2, 0.25) is 5.91 Å². The highest BCUT2D eigenvalue weighted by Crippen LogP contribution is 2.25. The van der Waals surface area contributed by atoms with Gasteiger partial charge in [0, 0.05) is 24.7 Å². The van der Waals surface area contributed by atoms with Crippen molar-refractivity contribution >= 4 is 39.9 Å². The van der Waals surface area contributed by atoms with Gasteiger partial charge in [0.05, 0.1) is 10.8 Å². The molecule has 3 heterocycles. The molecule has 0 aliphatic carbocycles. The largest absolute Gasteiger partial charge is 0.440 e. The summed E-state index contributed by atoms with van der Waals surface area (Å²) in [7, 11) is 0. The van der Waals surface area contributed by atoms with Crippen LogP contribution in [0.5, 0.6) is 0 Å². The number of nitrogens with one attached hydrogen (secondary N) is 1. The number of benzene rings is 1. The second kappa shape index (κ2) is 7.75. The molecule has 1 aliphatic rings. The first-order valence-electron chi connectivity index (χ1n) is 9.55. The van der Waals surface area contributed by atoms with E-state index in [-0.39, 0.29) is 23.7 Å². The van der Waals surface area contributed by atoms with Gasteiger partial charge in [-0.25, -0.2) is 4.98 Å². The molecule has 1 saturated heterocycles. The Kier molecular flexibility index (Phi) is 5.17. The molecule has 1 aliphatic heterocycles. The van der Waals surface area contributed by atoms with Crippen LogP contribution in [0, 0.1) is 5.92 Å². The second-order valence-electron chi connectivity index (χ2n) is 7.45. The van der Waals surface area contributed by atoms with Gasteiger partial charge in [0.25, 0.3) is 5.91 Å². The molecule has 1 fully saturated rings. The highest BCUT2D eigenvalue weighted by Gasteiger charge is 2.29. The Labute approximate surface area is 167 Å². The third-order valence-corrected chi connectivity index (χ3v) is 5.83. The summed E-state index contributed by atoms with van der Waals surface area (Å²) in [4.78, 5) is 32.4. The summed E-state index contributed by atoms with van der Waals surface area (Å²) < 4.78 is 5.71. The van der Waals surface area contributed by atoms with Gasteiger partial charge in [-0.3, -0.25) is 9.59 Å². The average Bonchev–Trinajstić information content (AvgIpc) is 3.37. The first kappa shape index (κ1) is 18.7. The van der Waals surface area contributed by atoms with Gasteiger partial charge in [-0.05, 0) is 42.5 Å². The average molecular weight is 398 g/mol. The maximum Gasteiger partial charge on any atom is 0.263 e. The van der Waals surface area contributed by atoms with Gasteiger partial charge in [-0.1, -0.05) is 19.9 Å². The molecule has 28 heavy (non-hydrogen) atoms. The quantitative estimate of drug-likeness (QED) is 0.703. The van der Waals surface area contributed by atoms with E-state index in [0.29, 0.717) is 30.3 Å². The molecule has 0 unspecified atom stereocenters. The van der Waals surface area contributed by atoms with Crippen LogP contribution in [-0.2, 0) is 4.79 Å². The number of thiophene rings is 1. The number of hydrogen-bond acceptors (Lipinski definition) is 5. The molecular weight excluding hydrogens is 374 g/mol. The van der Waals surface area contributed by atoms with E-state index in [1.165, 1.54) is 11.3 Å². The van der Waals surface area contributed by atoms with E-state index in [1.807, 2.05) is 49.6 Å². The fourth-order valence-electron chi connectivity index (χ4n) is 3.45. The minimum atomic E-state index is -0.211. The summed E-state index contributed by atoms with van der Waals surface area (Å²) in [5, 5.41) is 4.88. The van der Waals surface area contributed by atoms with E-state index in [4.69, 9.17) is 4.42 Å². The fourth-order valence-corrected chi connectivity index (χ4v) is 4.14. The Balaban J connectivity index is 1.44. The highest BCUT2D eigenvalue weighted by atomic mass is 32.1. The van der Waals surface area contributed by atoms with Gasteiger partial charge < -0.3 is 14.6 Å². The number of carbonyl (C=O) groups is 2. The molecule has 4 rings (SSSR count). The Morgan fingerprint density at radius 2 is 2.18 bits per heavy atom. The minimum absolute atomic E-state index is 0.0118. The molecule has 6 nitrogen and oxygen atoms in total. The lowest BCUT2D eigenvalue weighted by Gasteiger charge is -2.31. The molecule has 0 radical (unpaired) electrons. The van der Waals surface area contributed by atoms with E-state index in [2.05, 4.69) is 10.3 Å². The van der Waals surface area contributed by atoms with Crippen molar-refractivity contribution in [3.05, 3.63) is 46.5 Å². The van der Waals surface area contributed by atoms with Crippen LogP contribution in [0.25, 0.3) is 11.1 Å². The van der Waals surface area contributed by atoms with Gasteiger partial charge >= 0.3 is 0 Å². The third kappa shape index (κ3) is 3.80. The number of fused-ring (bicyclic) bond motifs is 1. The van der Waals surface area contributed by atoms with E-state index in [0.717, 1.165) is 23.2 Å². The van der Waals surface area contributed by atoms with Gasteiger partial charge in [-0.15, -0.1) is 11.3 Å². The van der Waals surface area contributed by atoms with Crippen molar-refractivity contribution in [1.82, 2.24) is 9.88 Å². The maximum atomic E-state index is 12.8. The first-order chi connectivity index (χ1) is 13.5. The van der Waals surface area contributed by atoms with Crippen molar-refractivity contribution in [2.24, 2.45) is 5.92 Å². The lowest BCUT2D eigenvalue weighted by atomic mass is 9.97.